The van der Waals surface area contributed by atoms with Crippen LogP contribution in [0, 0.1) is 6.92 Å². The fourth-order valence-electron chi connectivity index (χ4n) is 2.70. The number of carbonyl (C=O) groups is 1. The Hall–Kier alpha value is -1.29. The van der Waals surface area contributed by atoms with Gasteiger partial charge in [0.2, 0.25) is 5.91 Å². The predicted molar refractivity (Wildman–Crippen MR) is 72.6 cm³/mol. The Kier molecular flexibility index (Phi) is 4.30. The van der Waals surface area contributed by atoms with E-state index in [1.165, 1.54) is 0 Å². The van der Waals surface area contributed by atoms with Gasteiger partial charge in [-0.25, -0.2) is 0 Å². The molecule has 1 heterocycles. The third kappa shape index (κ3) is 3.83. The summed E-state index contributed by atoms with van der Waals surface area (Å²) in [5.74, 6) is 1.61. The molecule has 1 aliphatic carbocycles. The van der Waals surface area contributed by atoms with Gasteiger partial charge in [-0.1, -0.05) is 19.3 Å². The van der Waals surface area contributed by atoms with Gasteiger partial charge in [-0.2, -0.15) is 0 Å². The molecule has 1 saturated carbocycles. The molecule has 0 aliphatic heterocycles. The van der Waals surface area contributed by atoms with Gasteiger partial charge >= 0.3 is 0 Å². The lowest BCUT2D eigenvalue weighted by Gasteiger charge is -2.32. The molecule has 0 aromatic carbocycles. The molecule has 1 aliphatic rings. The van der Waals surface area contributed by atoms with Gasteiger partial charge < -0.3 is 14.4 Å². The van der Waals surface area contributed by atoms with Gasteiger partial charge in [0, 0.05) is 7.05 Å². The zero-order chi connectivity index (χ0) is 13.9. The van der Waals surface area contributed by atoms with E-state index in [1.807, 2.05) is 19.1 Å². The molecule has 0 unspecified atom stereocenters. The zero-order valence-corrected chi connectivity index (χ0v) is 11.8. The first kappa shape index (κ1) is 14.1. The number of aryl methyl sites for hydroxylation is 1. The molecular weight excluding hydrogens is 242 g/mol. The zero-order valence-electron chi connectivity index (χ0n) is 11.8. The number of furan rings is 1. The summed E-state index contributed by atoms with van der Waals surface area (Å²) in [5.41, 5.74) is -0.789. The van der Waals surface area contributed by atoms with Crippen LogP contribution in [-0.4, -0.2) is 28.6 Å². The third-order valence-corrected chi connectivity index (χ3v) is 3.88. The largest absolute Gasteiger partial charge is 0.464 e. The highest BCUT2D eigenvalue weighted by atomic mass is 16.3. The van der Waals surface area contributed by atoms with Crippen molar-refractivity contribution in [2.45, 2.75) is 57.6 Å². The molecule has 0 atom stereocenters. The van der Waals surface area contributed by atoms with Crippen molar-refractivity contribution in [3.05, 3.63) is 23.7 Å². The highest BCUT2D eigenvalue weighted by Gasteiger charge is 2.32. The third-order valence-electron chi connectivity index (χ3n) is 3.88. The molecular formula is C15H23NO3. The number of rotatable bonds is 4. The van der Waals surface area contributed by atoms with E-state index < -0.39 is 5.60 Å². The number of hydrogen-bond acceptors (Lipinski definition) is 3. The van der Waals surface area contributed by atoms with Crippen molar-refractivity contribution in [3.8, 4) is 0 Å². The number of aliphatic hydroxyl groups is 1. The molecule has 1 amide bonds. The molecule has 4 nitrogen and oxygen atoms in total. The number of carbonyl (C=O) groups excluding carboxylic acids is 1. The summed E-state index contributed by atoms with van der Waals surface area (Å²) < 4.78 is 5.46. The van der Waals surface area contributed by atoms with E-state index in [2.05, 4.69) is 0 Å². The molecule has 4 heteroatoms. The Labute approximate surface area is 114 Å². The molecule has 2 rings (SSSR count). The van der Waals surface area contributed by atoms with Crippen molar-refractivity contribution < 1.29 is 14.3 Å². The SMILES string of the molecule is Cc1ccc(CN(C)C(=O)CC2(O)CCCCC2)o1. The minimum Gasteiger partial charge on any atom is -0.464 e. The normalized spacial score (nSPS) is 18.3. The second-order valence-electron chi connectivity index (χ2n) is 5.72. The molecule has 19 heavy (non-hydrogen) atoms. The second kappa shape index (κ2) is 5.78. The second-order valence-corrected chi connectivity index (χ2v) is 5.72. The highest BCUT2D eigenvalue weighted by Crippen LogP contribution is 2.31. The minimum atomic E-state index is -0.789. The summed E-state index contributed by atoms with van der Waals surface area (Å²) in [4.78, 5) is 13.8. The van der Waals surface area contributed by atoms with E-state index in [9.17, 15) is 9.90 Å². The van der Waals surface area contributed by atoms with Crippen LogP contribution in [0.4, 0.5) is 0 Å². The molecule has 106 valence electrons. The first-order valence-electron chi connectivity index (χ1n) is 7.00. The summed E-state index contributed by atoms with van der Waals surface area (Å²) in [6, 6.07) is 3.77. The Morgan fingerprint density at radius 3 is 2.63 bits per heavy atom. The number of amides is 1. The van der Waals surface area contributed by atoms with E-state index in [0.717, 1.165) is 43.6 Å². The van der Waals surface area contributed by atoms with Crippen molar-refractivity contribution >= 4 is 5.91 Å². The van der Waals surface area contributed by atoms with Crippen LogP contribution in [0.3, 0.4) is 0 Å². The maximum atomic E-state index is 12.2. The van der Waals surface area contributed by atoms with E-state index >= 15 is 0 Å². The summed E-state index contributed by atoms with van der Waals surface area (Å²) in [7, 11) is 1.76. The number of hydrogen-bond donors (Lipinski definition) is 1. The van der Waals surface area contributed by atoms with Gasteiger partial charge in [-0.05, 0) is 31.9 Å². The predicted octanol–water partition coefficient (Wildman–Crippen LogP) is 2.63. The minimum absolute atomic E-state index is 0.0153. The van der Waals surface area contributed by atoms with Crippen molar-refractivity contribution in [2.75, 3.05) is 7.05 Å². The van der Waals surface area contributed by atoms with Gasteiger partial charge in [0.05, 0.1) is 18.6 Å². The maximum absolute atomic E-state index is 12.2. The number of nitrogens with zero attached hydrogens (tertiary/aromatic N) is 1. The van der Waals surface area contributed by atoms with Gasteiger partial charge in [0.1, 0.15) is 11.5 Å². The molecule has 0 spiro atoms. The topological polar surface area (TPSA) is 53.7 Å². The monoisotopic (exact) mass is 265 g/mol. The van der Waals surface area contributed by atoms with Gasteiger partial charge in [0.25, 0.3) is 0 Å². The van der Waals surface area contributed by atoms with Crippen LogP contribution in [-0.2, 0) is 11.3 Å². The smallest absolute Gasteiger partial charge is 0.225 e. The first-order valence-corrected chi connectivity index (χ1v) is 7.00. The Bertz CT molecular complexity index is 432. The summed E-state index contributed by atoms with van der Waals surface area (Å²) in [6.07, 6.45) is 4.91. The quantitative estimate of drug-likeness (QED) is 0.910. The van der Waals surface area contributed by atoms with Gasteiger partial charge in [-0.15, -0.1) is 0 Å². The van der Waals surface area contributed by atoms with Crippen LogP contribution in [0.25, 0.3) is 0 Å². The highest BCUT2D eigenvalue weighted by molar-refractivity contribution is 5.76. The molecule has 1 aromatic heterocycles. The Morgan fingerprint density at radius 1 is 1.37 bits per heavy atom. The molecule has 0 radical (unpaired) electrons. The first-order chi connectivity index (χ1) is 8.98. The van der Waals surface area contributed by atoms with Crippen LogP contribution in [0.5, 0.6) is 0 Å². The van der Waals surface area contributed by atoms with E-state index in [-0.39, 0.29) is 12.3 Å². The van der Waals surface area contributed by atoms with Crippen LogP contribution < -0.4 is 0 Å². The lowest BCUT2D eigenvalue weighted by Crippen LogP contribution is -2.38. The standard InChI is InChI=1S/C15H23NO3/c1-12-6-7-13(19-12)11-16(2)14(17)10-15(18)8-4-3-5-9-15/h6-7,18H,3-5,8-11H2,1-2H3. The molecule has 1 aromatic rings. The fraction of sp³-hybridized carbons (Fsp3) is 0.667. The molecule has 1 N–H and O–H groups in total. The van der Waals surface area contributed by atoms with E-state index in [0.29, 0.717) is 6.54 Å². The maximum Gasteiger partial charge on any atom is 0.225 e. The van der Waals surface area contributed by atoms with Crippen molar-refractivity contribution in [1.29, 1.82) is 0 Å². The average molecular weight is 265 g/mol. The van der Waals surface area contributed by atoms with Gasteiger partial charge in [0.15, 0.2) is 0 Å². The summed E-state index contributed by atoms with van der Waals surface area (Å²) in [5, 5.41) is 10.4. The van der Waals surface area contributed by atoms with Crippen LogP contribution >= 0.6 is 0 Å². The van der Waals surface area contributed by atoms with Gasteiger partial charge in [-0.3, -0.25) is 4.79 Å². The molecule has 0 bridgehead atoms. The fourth-order valence-corrected chi connectivity index (χ4v) is 2.70. The Balaban J connectivity index is 1.88. The van der Waals surface area contributed by atoms with Crippen molar-refractivity contribution in [3.63, 3.8) is 0 Å². The Morgan fingerprint density at radius 2 is 2.05 bits per heavy atom. The van der Waals surface area contributed by atoms with Crippen molar-refractivity contribution in [1.82, 2.24) is 4.90 Å². The lowest BCUT2D eigenvalue weighted by atomic mass is 9.82. The summed E-state index contributed by atoms with van der Waals surface area (Å²) in [6.45, 7) is 2.35. The van der Waals surface area contributed by atoms with E-state index in [1.54, 1.807) is 11.9 Å². The average Bonchev–Trinajstić information content (AvgIpc) is 2.75. The van der Waals surface area contributed by atoms with Crippen LogP contribution in [0.15, 0.2) is 16.5 Å². The van der Waals surface area contributed by atoms with Crippen LogP contribution in [0.2, 0.25) is 0 Å². The van der Waals surface area contributed by atoms with Crippen LogP contribution in [0.1, 0.15) is 50.0 Å². The van der Waals surface area contributed by atoms with E-state index in [4.69, 9.17) is 4.42 Å². The molecule has 1 fully saturated rings. The summed E-state index contributed by atoms with van der Waals surface area (Å²) >= 11 is 0. The molecule has 0 saturated heterocycles. The van der Waals surface area contributed by atoms with Crippen molar-refractivity contribution in [2.24, 2.45) is 0 Å². The lowest BCUT2D eigenvalue weighted by molar-refractivity contribution is -0.137.